The number of hydrogen-bond acceptors (Lipinski definition) is 4. The van der Waals surface area contributed by atoms with Gasteiger partial charge < -0.3 is 0 Å². The number of carbonyl (C=O) groups is 2. The highest BCUT2D eigenvalue weighted by Gasteiger charge is 2.62. The predicted octanol–water partition coefficient (Wildman–Crippen LogP) is 3.78. The summed E-state index contributed by atoms with van der Waals surface area (Å²) in [4.78, 5) is 38.1. The molecule has 6 heteroatoms. The Morgan fingerprint density at radius 1 is 0.963 bits per heavy atom. The number of nitro groups is 1. The SMILES string of the molecule is O=C1[C@H]2[C@H](C(=O)N1c1cccc([N+](=O)[O-])c1)[C@H]1C=C[C@H]2C1=C1CCCCC1. The van der Waals surface area contributed by atoms with Gasteiger partial charge in [0.15, 0.2) is 0 Å². The molecule has 5 rings (SSSR count). The lowest BCUT2D eigenvalue weighted by Gasteiger charge is -2.23. The number of amides is 2. The summed E-state index contributed by atoms with van der Waals surface area (Å²) in [5.41, 5.74) is 2.97. The van der Waals surface area contributed by atoms with Gasteiger partial charge in [0.25, 0.3) is 5.69 Å². The van der Waals surface area contributed by atoms with Crippen LogP contribution in [0.4, 0.5) is 11.4 Å². The van der Waals surface area contributed by atoms with Crippen LogP contribution in [0.5, 0.6) is 0 Å². The van der Waals surface area contributed by atoms with Crippen LogP contribution < -0.4 is 4.90 Å². The molecule has 3 aliphatic carbocycles. The first-order valence-electron chi connectivity index (χ1n) is 9.60. The second-order valence-corrected chi connectivity index (χ2v) is 7.90. The Bertz CT molecular complexity index is 890. The van der Waals surface area contributed by atoms with E-state index in [9.17, 15) is 19.7 Å². The molecule has 2 saturated carbocycles. The maximum absolute atomic E-state index is 13.2. The smallest absolute Gasteiger partial charge is 0.271 e. The highest BCUT2D eigenvalue weighted by Crippen LogP contribution is 2.58. The average molecular weight is 364 g/mol. The van der Waals surface area contributed by atoms with Gasteiger partial charge in [0.05, 0.1) is 22.4 Å². The number of carbonyl (C=O) groups excluding carboxylic acids is 2. The quantitative estimate of drug-likeness (QED) is 0.346. The summed E-state index contributed by atoms with van der Waals surface area (Å²) in [6, 6.07) is 5.79. The third-order valence-corrected chi connectivity index (χ3v) is 6.58. The molecule has 0 N–H and O–H groups in total. The van der Waals surface area contributed by atoms with Gasteiger partial charge in [-0.3, -0.25) is 19.7 Å². The van der Waals surface area contributed by atoms with Crippen LogP contribution in [0.25, 0.3) is 0 Å². The van der Waals surface area contributed by atoms with E-state index in [1.807, 2.05) is 0 Å². The van der Waals surface area contributed by atoms with Crippen molar-refractivity contribution in [2.45, 2.75) is 32.1 Å². The second-order valence-electron chi connectivity index (χ2n) is 7.90. The Hall–Kier alpha value is -2.76. The first-order chi connectivity index (χ1) is 13.1. The lowest BCUT2D eigenvalue weighted by Crippen LogP contribution is -2.33. The Morgan fingerprint density at radius 2 is 1.59 bits per heavy atom. The predicted molar refractivity (Wildman–Crippen MR) is 98.8 cm³/mol. The van der Waals surface area contributed by atoms with E-state index in [-0.39, 0.29) is 41.2 Å². The molecule has 0 aromatic heterocycles. The summed E-state index contributed by atoms with van der Waals surface area (Å²) in [5.74, 6) is -1.08. The van der Waals surface area contributed by atoms with Gasteiger partial charge in [-0.15, -0.1) is 0 Å². The van der Waals surface area contributed by atoms with Gasteiger partial charge in [-0.2, -0.15) is 0 Å². The number of imide groups is 1. The number of non-ortho nitro benzene ring substituents is 1. The largest absolute Gasteiger partial charge is 0.274 e. The van der Waals surface area contributed by atoms with Gasteiger partial charge in [-0.05, 0) is 31.7 Å². The van der Waals surface area contributed by atoms with Crippen LogP contribution in [-0.2, 0) is 9.59 Å². The maximum Gasteiger partial charge on any atom is 0.271 e. The zero-order valence-corrected chi connectivity index (χ0v) is 14.8. The lowest BCUT2D eigenvalue weighted by molar-refractivity contribution is -0.384. The fourth-order valence-electron chi connectivity index (χ4n) is 5.50. The molecule has 1 aromatic carbocycles. The van der Waals surface area contributed by atoms with Crippen LogP contribution in [0.1, 0.15) is 32.1 Å². The van der Waals surface area contributed by atoms with Crippen LogP contribution in [0.2, 0.25) is 0 Å². The molecule has 2 amide bonds. The molecule has 1 aliphatic heterocycles. The molecule has 4 aliphatic rings. The maximum atomic E-state index is 13.2. The van der Waals surface area contributed by atoms with Crippen molar-refractivity contribution in [3.63, 3.8) is 0 Å². The van der Waals surface area contributed by atoms with Gasteiger partial charge >= 0.3 is 0 Å². The molecular formula is C21H20N2O4. The second kappa shape index (κ2) is 5.87. The molecular weight excluding hydrogens is 344 g/mol. The van der Waals surface area contributed by atoms with E-state index in [0.717, 1.165) is 12.8 Å². The van der Waals surface area contributed by atoms with Crippen molar-refractivity contribution in [3.8, 4) is 0 Å². The molecule has 4 atom stereocenters. The molecule has 1 heterocycles. The van der Waals surface area contributed by atoms with Crippen molar-refractivity contribution in [2.75, 3.05) is 4.90 Å². The van der Waals surface area contributed by atoms with E-state index in [4.69, 9.17) is 0 Å². The van der Waals surface area contributed by atoms with Gasteiger partial charge in [0, 0.05) is 24.0 Å². The zero-order chi connectivity index (χ0) is 18.7. The minimum atomic E-state index is -0.508. The highest BCUT2D eigenvalue weighted by molar-refractivity contribution is 6.23. The van der Waals surface area contributed by atoms with Crippen molar-refractivity contribution >= 4 is 23.2 Å². The fourth-order valence-corrected chi connectivity index (χ4v) is 5.50. The lowest BCUT2D eigenvalue weighted by atomic mass is 9.85. The number of allylic oxidation sites excluding steroid dienone is 4. The molecule has 138 valence electrons. The Morgan fingerprint density at radius 3 is 2.19 bits per heavy atom. The van der Waals surface area contributed by atoms with Crippen LogP contribution in [-0.4, -0.2) is 16.7 Å². The van der Waals surface area contributed by atoms with Crippen LogP contribution in [0.15, 0.2) is 47.6 Å². The van der Waals surface area contributed by atoms with E-state index in [0.29, 0.717) is 5.69 Å². The average Bonchev–Trinajstić information content (AvgIpc) is 3.32. The van der Waals surface area contributed by atoms with Crippen LogP contribution >= 0.6 is 0 Å². The number of anilines is 1. The summed E-state index contributed by atoms with van der Waals surface area (Å²) >= 11 is 0. The van der Waals surface area contributed by atoms with E-state index in [2.05, 4.69) is 12.2 Å². The number of rotatable bonds is 2. The molecule has 0 radical (unpaired) electrons. The third-order valence-electron chi connectivity index (χ3n) is 6.58. The topological polar surface area (TPSA) is 80.5 Å². The summed E-state index contributed by atoms with van der Waals surface area (Å²) in [6.45, 7) is 0. The highest BCUT2D eigenvalue weighted by atomic mass is 16.6. The first kappa shape index (κ1) is 16.4. The number of nitro benzene ring substituents is 1. The van der Waals surface area contributed by atoms with Crippen molar-refractivity contribution in [3.05, 3.63) is 57.7 Å². The van der Waals surface area contributed by atoms with Crippen LogP contribution in [0, 0.1) is 33.8 Å². The molecule has 6 nitrogen and oxygen atoms in total. The molecule has 0 unspecified atom stereocenters. The molecule has 1 saturated heterocycles. The molecule has 3 fully saturated rings. The van der Waals surface area contributed by atoms with E-state index < -0.39 is 4.92 Å². The number of nitrogens with zero attached hydrogens (tertiary/aromatic N) is 2. The zero-order valence-electron chi connectivity index (χ0n) is 14.8. The Balaban J connectivity index is 1.52. The standard InChI is InChI=1S/C21H20N2O4/c24-20-18-15-9-10-16(17(15)12-5-2-1-3-6-12)19(18)21(25)22(20)13-7-4-8-14(11-13)23(26)27/h4,7-11,15-16,18-19H,1-3,5-6H2/t15-,16-,18+,19+/m0/s1. The van der Waals surface area contributed by atoms with Crippen molar-refractivity contribution in [2.24, 2.45) is 23.7 Å². The minimum absolute atomic E-state index is 0.0215. The van der Waals surface area contributed by atoms with Crippen molar-refractivity contribution in [1.29, 1.82) is 0 Å². The number of hydrogen-bond donors (Lipinski definition) is 0. The number of fused-ring (bicyclic) bond motifs is 5. The van der Waals surface area contributed by atoms with Gasteiger partial charge in [-0.1, -0.05) is 35.8 Å². The van der Waals surface area contributed by atoms with Gasteiger partial charge in [0.2, 0.25) is 11.8 Å². The van der Waals surface area contributed by atoms with Gasteiger partial charge in [0.1, 0.15) is 0 Å². The van der Waals surface area contributed by atoms with E-state index >= 15 is 0 Å². The molecule has 1 aromatic rings. The van der Waals surface area contributed by atoms with Crippen molar-refractivity contribution < 1.29 is 14.5 Å². The minimum Gasteiger partial charge on any atom is -0.274 e. The first-order valence-corrected chi connectivity index (χ1v) is 9.60. The fraction of sp³-hybridized carbons (Fsp3) is 0.429. The molecule has 27 heavy (non-hydrogen) atoms. The monoisotopic (exact) mass is 364 g/mol. The molecule has 0 spiro atoms. The number of benzene rings is 1. The molecule has 2 bridgehead atoms. The summed E-state index contributed by atoms with van der Waals surface area (Å²) in [5, 5.41) is 11.1. The van der Waals surface area contributed by atoms with Crippen LogP contribution in [0.3, 0.4) is 0 Å². The van der Waals surface area contributed by atoms with Gasteiger partial charge in [-0.25, -0.2) is 4.90 Å². The van der Waals surface area contributed by atoms with E-state index in [1.54, 1.807) is 6.07 Å². The van der Waals surface area contributed by atoms with E-state index in [1.165, 1.54) is 53.5 Å². The third kappa shape index (κ3) is 2.25. The summed E-state index contributed by atoms with van der Waals surface area (Å²) in [7, 11) is 0. The Kier molecular flexibility index (Phi) is 3.57. The normalized spacial score (nSPS) is 31.8. The Labute approximate surface area is 156 Å². The summed E-state index contributed by atoms with van der Waals surface area (Å²) < 4.78 is 0. The van der Waals surface area contributed by atoms with Crippen molar-refractivity contribution in [1.82, 2.24) is 0 Å². The summed E-state index contributed by atoms with van der Waals surface area (Å²) in [6.07, 6.45) is 10.0.